The summed E-state index contributed by atoms with van der Waals surface area (Å²) in [5.74, 6) is 0. The van der Waals surface area contributed by atoms with Gasteiger partial charge in [-0.2, -0.15) is 0 Å². The first-order valence-corrected chi connectivity index (χ1v) is 5.58. The topological polar surface area (TPSA) is 20.2 Å². The zero-order chi connectivity index (χ0) is 9.26. The second-order valence-corrected chi connectivity index (χ2v) is 4.50. The van der Waals surface area contributed by atoms with E-state index >= 15 is 0 Å². The maximum absolute atomic E-state index is 9.50. The molecule has 1 atom stereocenters. The van der Waals surface area contributed by atoms with Gasteiger partial charge in [0.1, 0.15) is 0 Å². The summed E-state index contributed by atoms with van der Waals surface area (Å²) >= 11 is 1.78. The Morgan fingerprint density at radius 2 is 2.38 bits per heavy atom. The lowest BCUT2D eigenvalue weighted by Gasteiger charge is -2.16. The number of hydrogen-bond donors (Lipinski definition) is 1. The van der Waals surface area contributed by atoms with E-state index < -0.39 is 0 Å². The van der Waals surface area contributed by atoms with Crippen LogP contribution < -0.4 is 0 Å². The van der Waals surface area contributed by atoms with Crippen molar-refractivity contribution < 1.29 is 5.11 Å². The summed E-state index contributed by atoms with van der Waals surface area (Å²) in [5, 5.41) is 11.6. The number of hydrogen-bond acceptors (Lipinski definition) is 2. The molecule has 0 fully saturated rings. The van der Waals surface area contributed by atoms with Crippen LogP contribution in [0, 0.1) is 6.92 Å². The lowest BCUT2D eigenvalue weighted by atomic mass is 9.95. The highest BCUT2D eigenvalue weighted by molar-refractivity contribution is 7.11. The number of aliphatic hydroxyl groups is 1. The second-order valence-electron chi connectivity index (χ2n) is 3.58. The zero-order valence-corrected chi connectivity index (χ0v) is 8.60. The van der Waals surface area contributed by atoms with Crippen molar-refractivity contribution in [2.24, 2.45) is 0 Å². The number of rotatable bonds is 1. The third-order valence-corrected chi connectivity index (χ3v) is 3.59. The Labute approximate surface area is 82.7 Å². The van der Waals surface area contributed by atoms with Crippen LogP contribution in [0.2, 0.25) is 0 Å². The molecule has 1 aliphatic carbocycles. The van der Waals surface area contributed by atoms with E-state index in [0.717, 1.165) is 19.3 Å². The smallest absolute Gasteiger partial charge is 0.0727 e. The summed E-state index contributed by atoms with van der Waals surface area (Å²) in [6.45, 7) is 2.13. The molecule has 0 saturated heterocycles. The fraction of sp³-hybridized carbons (Fsp3) is 0.455. The van der Waals surface area contributed by atoms with Gasteiger partial charge in [-0.3, -0.25) is 0 Å². The minimum atomic E-state index is -0.217. The van der Waals surface area contributed by atoms with Crippen LogP contribution in [0.3, 0.4) is 0 Å². The Hall–Kier alpha value is -0.600. The van der Waals surface area contributed by atoms with Gasteiger partial charge in [0.25, 0.3) is 0 Å². The zero-order valence-electron chi connectivity index (χ0n) is 7.79. The monoisotopic (exact) mass is 194 g/mol. The molecule has 0 saturated carbocycles. The molecule has 2 heteroatoms. The van der Waals surface area contributed by atoms with Crippen LogP contribution in [-0.2, 0) is 0 Å². The third kappa shape index (κ3) is 1.84. The average Bonchev–Trinajstić information content (AvgIpc) is 2.51. The Kier molecular flexibility index (Phi) is 2.51. The minimum absolute atomic E-state index is 0.217. The summed E-state index contributed by atoms with van der Waals surface area (Å²) in [6.07, 6.45) is 4.96. The van der Waals surface area contributed by atoms with Crippen LogP contribution in [0.5, 0.6) is 0 Å². The molecule has 2 rings (SSSR count). The van der Waals surface area contributed by atoms with Crippen molar-refractivity contribution in [3.8, 4) is 0 Å². The summed E-state index contributed by atoms with van der Waals surface area (Å²) < 4.78 is 0. The van der Waals surface area contributed by atoms with Gasteiger partial charge < -0.3 is 5.11 Å². The molecule has 0 aromatic carbocycles. The molecule has 70 valence electrons. The van der Waals surface area contributed by atoms with Crippen molar-refractivity contribution in [2.45, 2.75) is 32.3 Å². The number of allylic oxidation sites excluding steroid dienone is 1. The summed E-state index contributed by atoms with van der Waals surface area (Å²) in [6, 6.07) is 2.14. The van der Waals surface area contributed by atoms with Crippen LogP contribution in [0.15, 0.2) is 17.5 Å². The molecule has 1 aromatic rings. The van der Waals surface area contributed by atoms with Gasteiger partial charge >= 0.3 is 0 Å². The van der Waals surface area contributed by atoms with Gasteiger partial charge in [0.15, 0.2) is 0 Å². The van der Waals surface area contributed by atoms with Crippen molar-refractivity contribution in [1.82, 2.24) is 0 Å². The first kappa shape index (κ1) is 8.97. The number of aliphatic hydroxyl groups excluding tert-OH is 1. The van der Waals surface area contributed by atoms with Crippen molar-refractivity contribution in [1.29, 1.82) is 0 Å². The van der Waals surface area contributed by atoms with Gasteiger partial charge in [0, 0.05) is 4.88 Å². The summed E-state index contributed by atoms with van der Waals surface area (Å²) in [5.41, 5.74) is 2.68. The highest BCUT2D eigenvalue weighted by Gasteiger charge is 2.14. The van der Waals surface area contributed by atoms with Gasteiger partial charge in [-0.15, -0.1) is 11.3 Å². The Balaban J connectivity index is 2.30. The van der Waals surface area contributed by atoms with Crippen molar-refractivity contribution in [2.75, 3.05) is 0 Å². The lowest BCUT2D eigenvalue weighted by molar-refractivity contribution is 0.206. The van der Waals surface area contributed by atoms with E-state index in [4.69, 9.17) is 0 Å². The second kappa shape index (κ2) is 3.64. The normalized spacial score (nSPS) is 22.9. The highest BCUT2D eigenvalue weighted by atomic mass is 32.1. The fourth-order valence-corrected chi connectivity index (χ4v) is 2.78. The maximum atomic E-state index is 9.50. The molecule has 1 aromatic heterocycles. The van der Waals surface area contributed by atoms with Gasteiger partial charge in [-0.25, -0.2) is 0 Å². The van der Waals surface area contributed by atoms with Gasteiger partial charge in [0.05, 0.1) is 6.10 Å². The van der Waals surface area contributed by atoms with Crippen LogP contribution in [0.4, 0.5) is 0 Å². The summed E-state index contributed by atoms with van der Waals surface area (Å²) in [7, 11) is 0. The molecule has 0 spiro atoms. The Morgan fingerprint density at radius 1 is 1.54 bits per heavy atom. The van der Waals surface area contributed by atoms with Crippen LogP contribution in [-0.4, -0.2) is 11.2 Å². The van der Waals surface area contributed by atoms with Crippen LogP contribution in [0.25, 0.3) is 5.57 Å². The van der Waals surface area contributed by atoms with Gasteiger partial charge in [-0.1, -0.05) is 6.08 Å². The first-order chi connectivity index (χ1) is 6.27. The first-order valence-electron chi connectivity index (χ1n) is 4.70. The lowest BCUT2D eigenvalue weighted by Crippen LogP contribution is -2.08. The fourth-order valence-electron chi connectivity index (χ4n) is 1.79. The molecule has 0 radical (unpaired) electrons. The largest absolute Gasteiger partial charge is 0.389 e. The molecular weight excluding hydrogens is 180 g/mol. The van der Waals surface area contributed by atoms with E-state index in [1.165, 1.54) is 16.0 Å². The standard InChI is InChI=1S/C11H14OS/c1-8-5-6-13-11(8)9-3-2-4-10(12)7-9/h5-7,10,12H,2-4H2,1H3. The minimum Gasteiger partial charge on any atom is -0.389 e. The van der Waals surface area contributed by atoms with Gasteiger partial charge in [0.2, 0.25) is 0 Å². The van der Waals surface area contributed by atoms with Crippen molar-refractivity contribution in [3.63, 3.8) is 0 Å². The van der Waals surface area contributed by atoms with E-state index in [2.05, 4.69) is 18.4 Å². The number of thiophene rings is 1. The molecule has 1 unspecified atom stereocenters. The third-order valence-electron chi connectivity index (χ3n) is 2.49. The molecule has 1 nitrogen and oxygen atoms in total. The van der Waals surface area contributed by atoms with E-state index in [9.17, 15) is 5.11 Å². The molecule has 0 amide bonds. The molecule has 0 aliphatic heterocycles. The molecule has 1 N–H and O–H groups in total. The van der Waals surface area contributed by atoms with E-state index in [1.807, 2.05) is 6.08 Å². The highest BCUT2D eigenvalue weighted by Crippen LogP contribution is 2.32. The van der Waals surface area contributed by atoms with E-state index in [1.54, 1.807) is 11.3 Å². The van der Waals surface area contributed by atoms with Crippen molar-refractivity contribution >= 4 is 16.9 Å². The van der Waals surface area contributed by atoms with Gasteiger partial charge in [-0.05, 0) is 48.8 Å². The van der Waals surface area contributed by atoms with Crippen LogP contribution in [0.1, 0.15) is 29.7 Å². The van der Waals surface area contributed by atoms with E-state index in [0.29, 0.717) is 0 Å². The molecule has 0 bridgehead atoms. The van der Waals surface area contributed by atoms with Crippen LogP contribution >= 0.6 is 11.3 Å². The predicted octanol–water partition coefficient (Wildman–Crippen LogP) is 2.98. The quantitative estimate of drug-likeness (QED) is 0.728. The maximum Gasteiger partial charge on any atom is 0.0727 e. The Bertz CT molecular complexity index is 325. The summed E-state index contributed by atoms with van der Waals surface area (Å²) in [4.78, 5) is 1.36. The molecular formula is C11H14OS. The van der Waals surface area contributed by atoms with E-state index in [-0.39, 0.29) is 6.10 Å². The molecule has 13 heavy (non-hydrogen) atoms. The van der Waals surface area contributed by atoms with Crippen molar-refractivity contribution in [3.05, 3.63) is 28.0 Å². The SMILES string of the molecule is Cc1ccsc1C1=CC(O)CCC1. The number of aryl methyl sites for hydroxylation is 1. The average molecular weight is 194 g/mol. The molecule has 1 heterocycles. The predicted molar refractivity (Wildman–Crippen MR) is 56.9 cm³/mol. The molecule has 1 aliphatic rings. The Morgan fingerprint density at radius 3 is 3.00 bits per heavy atom.